The SMILES string of the molecule is COc1ccc(/C(O)=C2\C(=N)N(c3ccccc3Cl)C3=C(C(=O)CCC3)[C@@H]2c2cc(OC)c(OC)c(OC)c2)cc1. The average Bonchev–Trinajstić information content (AvgIpc) is 3.00. The van der Waals surface area contributed by atoms with E-state index >= 15 is 0 Å². The Hall–Kier alpha value is -4.43. The molecule has 3 aromatic rings. The fraction of sp³-hybridized carbons (Fsp3) is 0.250. The number of para-hydroxylation sites is 1. The van der Waals surface area contributed by atoms with Crippen molar-refractivity contribution in [3.63, 3.8) is 0 Å². The highest BCUT2D eigenvalue weighted by molar-refractivity contribution is 6.34. The Morgan fingerprint density at radius 2 is 1.59 bits per heavy atom. The lowest BCUT2D eigenvalue weighted by Gasteiger charge is -2.42. The Morgan fingerprint density at radius 3 is 2.17 bits per heavy atom. The number of hydrogen-bond donors (Lipinski definition) is 2. The van der Waals surface area contributed by atoms with Gasteiger partial charge in [0.1, 0.15) is 17.3 Å². The van der Waals surface area contributed by atoms with Gasteiger partial charge in [-0.05, 0) is 66.9 Å². The van der Waals surface area contributed by atoms with Crippen LogP contribution in [0.25, 0.3) is 5.76 Å². The van der Waals surface area contributed by atoms with Gasteiger partial charge >= 0.3 is 0 Å². The quantitative estimate of drug-likeness (QED) is 0.295. The molecule has 0 saturated heterocycles. The lowest BCUT2D eigenvalue weighted by molar-refractivity contribution is -0.116. The van der Waals surface area contributed by atoms with E-state index in [1.54, 1.807) is 54.5 Å². The summed E-state index contributed by atoms with van der Waals surface area (Å²) in [5, 5.41) is 21.9. The number of carbonyl (C=O) groups is 1. The van der Waals surface area contributed by atoms with Gasteiger partial charge in [-0.2, -0.15) is 0 Å². The number of hydrogen-bond acceptors (Lipinski definition) is 7. The molecule has 0 radical (unpaired) electrons. The number of carbonyl (C=O) groups excluding carboxylic acids is 1. The van der Waals surface area contributed by atoms with Crippen LogP contribution in [0, 0.1) is 5.41 Å². The van der Waals surface area contributed by atoms with Crippen molar-refractivity contribution in [1.82, 2.24) is 0 Å². The molecule has 0 bridgehead atoms. The summed E-state index contributed by atoms with van der Waals surface area (Å²) in [7, 11) is 6.12. The van der Waals surface area contributed by atoms with Gasteiger partial charge in [0.25, 0.3) is 0 Å². The smallest absolute Gasteiger partial charge is 0.203 e. The largest absolute Gasteiger partial charge is 0.507 e. The molecule has 2 aliphatic rings. The summed E-state index contributed by atoms with van der Waals surface area (Å²) in [5.74, 6) is 0.839. The first-order chi connectivity index (χ1) is 19.8. The number of ketones is 1. The van der Waals surface area contributed by atoms with Crippen LogP contribution in [0.15, 0.2) is 77.5 Å². The number of aliphatic hydroxyl groups is 1. The van der Waals surface area contributed by atoms with Gasteiger partial charge in [-0.1, -0.05) is 23.7 Å². The Kier molecular flexibility index (Phi) is 7.94. The van der Waals surface area contributed by atoms with Crippen molar-refractivity contribution in [2.24, 2.45) is 0 Å². The Morgan fingerprint density at radius 1 is 0.927 bits per heavy atom. The second-order valence-electron chi connectivity index (χ2n) is 9.65. The highest BCUT2D eigenvalue weighted by Gasteiger charge is 2.44. The summed E-state index contributed by atoms with van der Waals surface area (Å²) in [6, 6.07) is 17.6. The first kappa shape index (κ1) is 28.1. The van der Waals surface area contributed by atoms with E-state index in [4.69, 9.17) is 30.5 Å². The van der Waals surface area contributed by atoms with E-state index in [1.807, 2.05) is 18.2 Å². The zero-order valence-corrected chi connectivity index (χ0v) is 24.0. The molecule has 1 heterocycles. The lowest BCUT2D eigenvalue weighted by Crippen LogP contribution is -2.42. The van der Waals surface area contributed by atoms with Gasteiger partial charge in [0.05, 0.1) is 39.1 Å². The molecule has 0 aromatic heterocycles. The van der Waals surface area contributed by atoms with Crippen molar-refractivity contribution in [1.29, 1.82) is 5.41 Å². The number of nitrogens with zero attached hydrogens (tertiary/aromatic N) is 1. The number of allylic oxidation sites excluding steroid dienone is 2. The number of nitrogens with one attached hydrogen (secondary N) is 1. The molecule has 2 N–H and O–H groups in total. The number of aliphatic hydroxyl groups excluding tert-OH is 1. The van der Waals surface area contributed by atoms with Crippen LogP contribution in [-0.2, 0) is 4.79 Å². The van der Waals surface area contributed by atoms with Crippen molar-refractivity contribution in [3.8, 4) is 23.0 Å². The molecule has 9 heteroatoms. The highest BCUT2D eigenvalue weighted by Crippen LogP contribution is 2.51. The fourth-order valence-electron chi connectivity index (χ4n) is 5.60. The summed E-state index contributed by atoms with van der Waals surface area (Å²) in [4.78, 5) is 15.5. The third kappa shape index (κ3) is 4.89. The number of methoxy groups -OCH3 is 4. The molecule has 0 spiro atoms. The topological polar surface area (TPSA) is 101 Å². The van der Waals surface area contributed by atoms with Crippen molar-refractivity contribution < 1.29 is 28.8 Å². The standard InChI is InChI=1S/C32H31ClN2O6/c1-38-20-14-12-18(13-15-20)30(37)29-27(19-16-25(39-2)31(41-4)26(17-19)40-3)28-23(10-7-11-24(28)36)35(32(29)34)22-9-6-5-8-21(22)33/h5-6,8-9,12-17,27,34,37H,7,10-11H2,1-4H3/b30-29+,34-32?/t27-/m0/s1. The van der Waals surface area contributed by atoms with Crippen LogP contribution >= 0.6 is 11.6 Å². The second-order valence-corrected chi connectivity index (χ2v) is 10.1. The van der Waals surface area contributed by atoms with E-state index in [2.05, 4.69) is 0 Å². The minimum absolute atomic E-state index is 0.0126. The minimum Gasteiger partial charge on any atom is -0.507 e. The van der Waals surface area contributed by atoms with Crippen LogP contribution in [-0.4, -0.2) is 45.2 Å². The van der Waals surface area contributed by atoms with Gasteiger partial charge < -0.3 is 24.1 Å². The van der Waals surface area contributed by atoms with E-state index in [9.17, 15) is 15.3 Å². The minimum atomic E-state index is -0.792. The predicted molar refractivity (Wildman–Crippen MR) is 159 cm³/mol. The Labute approximate surface area is 243 Å². The molecule has 8 nitrogen and oxygen atoms in total. The number of benzene rings is 3. The third-order valence-electron chi connectivity index (χ3n) is 7.49. The molecule has 212 valence electrons. The van der Waals surface area contributed by atoms with Crippen LogP contribution < -0.4 is 23.8 Å². The van der Waals surface area contributed by atoms with Crippen molar-refractivity contribution >= 4 is 34.7 Å². The highest BCUT2D eigenvalue weighted by atomic mass is 35.5. The monoisotopic (exact) mass is 574 g/mol. The Bertz CT molecular complexity index is 1550. The fourth-order valence-corrected chi connectivity index (χ4v) is 5.82. The maximum atomic E-state index is 13.8. The first-order valence-corrected chi connectivity index (χ1v) is 13.5. The van der Waals surface area contributed by atoms with E-state index in [1.165, 1.54) is 21.3 Å². The molecule has 3 aromatic carbocycles. The molecule has 1 atom stereocenters. The number of rotatable bonds is 7. The molecule has 0 amide bonds. The molecule has 0 saturated carbocycles. The first-order valence-electron chi connectivity index (χ1n) is 13.1. The zero-order chi connectivity index (χ0) is 29.3. The van der Waals surface area contributed by atoms with Crippen LogP contribution in [0.2, 0.25) is 5.02 Å². The molecular formula is C32H31ClN2O6. The van der Waals surface area contributed by atoms with E-state index < -0.39 is 5.92 Å². The summed E-state index contributed by atoms with van der Waals surface area (Å²) >= 11 is 6.65. The number of amidine groups is 1. The van der Waals surface area contributed by atoms with Crippen LogP contribution in [0.1, 0.15) is 36.3 Å². The van der Waals surface area contributed by atoms with E-state index in [-0.39, 0.29) is 23.0 Å². The normalized spacial score (nSPS) is 18.2. The zero-order valence-electron chi connectivity index (χ0n) is 23.3. The lowest BCUT2D eigenvalue weighted by atomic mass is 9.73. The van der Waals surface area contributed by atoms with Gasteiger partial charge in [-0.25, -0.2) is 0 Å². The number of halogens is 1. The maximum absolute atomic E-state index is 13.8. The third-order valence-corrected chi connectivity index (χ3v) is 7.81. The van der Waals surface area contributed by atoms with E-state index in [0.717, 1.165) is 0 Å². The number of ether oxygens (including phenoxy) is 4. The number of anilines is 1. The van der Waals surface area contributed by atoms with Gasteiger partial charge in [0.2, 0.25) is 5.75 Å². The predicted octanol–water partition coefficient (Wildman–Crippen LogP) is 6.93. The molecule has 0 unspecified atom stereocenters. The van der Waals surface area contributed by atoms with Gasteiger partial charge in [0, 0.05) is 34.7 Å². The van der Waals surface area contributed by atoms with Crippen molar-refractivity contribution in [3.05, 3.63) is 93.7 Å². The summed E-state index contributed by atoms with van der Waals surface area (Å²) in [6.45, 7) is 0. The van der Waals surface area contributed by atoms with Gasteiger partial charge in [-0.3, -0.25) is 15.1 Å². The molecule has 1 aliphatic heterocycles. The van der Waals surface area contributed by atoms with E-state index in [0.29, 0.717) is 75.4 Å². The van der Waals surface area contributed by atoms with Gasteiger partial charge in [-0.15, -0.1) is 0 Å². The molecule has 0 fully saturated rings. The van der Waals surface area contributed by atoms with Crippen LogP contribution in [0.5, 0.6) is 23.0 Å². The summed E-state index contributed by atoms with van der Waals surface area (Å²) in [6.07, 6.45) is 1.55. The molecular weight excluding hydrogens is 544 g/mol. The van der Waals surface area contributed by atoms with Crippen LogP contribution in [0.3, 0.4) is 0 Å². The molecule has 41 heavy (non-hydrogen) atoms. The summed E-state index contributed by atoms with van der Waals surface area (Å²) < 4.78 is 22.1. The maximum Gasteiger partial charge on any atom is 0.203 e. The average molecular weight is 575 g/mol. The van der Waals surface area contributed by atoms with Crippen molar-refractivity contribution in [2.45, 2.75) is 25.2 Å². The van der Waals surface area contributed by atoms with Crippen molar-refractivity contribution in [2.75, 3.05) is 33.3 Å². The van der Waals surface area contributed by atoms with Gasteiger partial charge in [0.15, 0.2) is 17.3 Å². The summed E-state index contributed by atoms with van der Waals surface area (Å²) in [5.41, 5.74) is 3.07. The Balaban J connectivity index is 1.86. The van der Waals surface area contributed by atoms with Crippen LogP contribution in [0.4, 0.5) is 5.69 Å². The molecule has 1 aliphatic carbocycles. The number of Topliss-reactive ketones (excluding diaryl/α,β-unsaturated/α-hetero) is 1. The molecule has 5 rings (SSSR count). The second kappa shape index (κ2) is 11.6.